The second kappa shape index (κ2) is 11.6. The van der Waals surface area contributed by atoms with E-state index in [4.69, 9.17) is 0 Å². The third-order valence-electron chi connectivity index (χ3n) is 4.73. The van der Waals surface area contributed by atoms with Crippen molar-refractivity contribution in [3.63, 3.8) is 0 Å². The van der Waals surface area contributed by atoms with Gasteiger partial charge in [-0.05, 0) is 36.3 Å². The Morgan fingerprint density at radius 3 is 2.26 bits per heavy atom. The van der Waals surface area contributed by atoms with Gasteiger partial charge >= 0.3 is 0 Å². The zero-order valence-corrected chi connectivity index (χ0v) is 19.7. The predicted molar refractivity (Wildman–Crippen MR) is 117 cm³/mol. The summed E-state index contributed by atoms with van der Waals surface area (Å²) in [4.78, 5) is 26.1. The number of carbonyl (C=O) groups is 2. The highest BCUT2D eigenvalue weighted by molar-refractivity contribution is 8.01. The predicted octanol–water partition coefficient (Wildman–Crippen LogP) is 4.61. The maximum atomic E-state index is 13.3. The molecule has 0 aromatic rings. The van der Waals surface area contributed by atoms with E-state index in [9.17, 15) is 14.2 Å². The van der Waals surface area contributed by atoms with Crippen molar-refractivity contribution in [3.8, 4) is 0 Å². The van der Waals surface area contributed by atoms with Crippen LogP contribution in [0.5, 0.6) is 0 Å². The van der Waals surface area contributed by atoms with Crippen LogP contribution < -0.4 is 5.09 Å². The molecule has 0 aliphatic carbocycles. The minimum Gasteiger partial charge on any atom is -0.307 e. The summed E-state index contributed by atoms with van der Waals surface area (Å²) in [6.45, 7) is 13.9. The Morgan fingerprint density at radius 1 is 1.07 bits per heavy atom. The van der Waals surface area contributed by atoms with Gasteiger partial charge in [-0.2, -0.15) is 0 Å². The summed E-state index contributed by atoms with van der Waals surface area (Å²) in [5, 5.41) is 3.41. The number of hydrogen-bond acceptors (Lipinski definition) is 4. The lowest BCUT2D eigenvalue weighted by Gasteiger charge is -2.23. The number of thioether (sulfide) groups is 1. The molecule has 1 saturated heterocycles. The Balaban J connectivity index is 2.57. The van der Waals surface area contributed by atoms with E-state index in [0.717, 1.165) is 19.4 Å². The van der Waals surface area contributed by atoms with Crippen LogP contribution in [0.15, 0.2) is 0 Å². The summed E-state index contributed by atoms with van der Waals surface area (Å²) in [5.74, 6) is 0.943. The first kappa shape index (κ1) is 24.7. The number of hydrogen-bond donors (Lipinski definition) is 1. The standard InChI is InChI=1S/C20H39N2O3PS/c1-15(2)8-10-21-26(25,13-9-16(3)4)12-7-11-22-19(23)14-18(20(22)24)27-17(5)6/h15-18H,7-14H2,1-6H3,(H,21,25). The smallest absolute Gasteiger partial charge is 0.242 e. The molecule has 5 nitrogen and oxygen atoms in total. The fraction of sp³-hybridized carbons (Fsp3) is 0.900. The van der Waals surface area contributed by atoms with Gasteiger partial charge in [-0.3, -0.25) is 19.6 Å². The number of imide groups is 1. The van der Waals surface area contributed by atoms with E-state index in [0.29, 0.717) is 48.8 Å². The van der Waals surface area contributed by atoms with E-state index in [1.165, 1.54) is 4.90 Å². The summed E-state index contributed by atoms with van der Waals surface area (Å²) < 4.78 is 13.3. The SMILES string of the molecule is CC(C)CCNP(=O)(CCCN1C(=O)CC(SC(C)C)C1=O)CCC(C)C. The van der Waals surface area contributed by atoms with Crippen LogP contribution in [0.2, 0.25) is 0 Å². The van der Waals surface area contributed by atoms with E-state index in [1.807, 2.05) is 13.8 Å². The van der Waals surface area contributed by atoms with Gasteiger partial charge in [0.05, 0.1) is 5.25 Å². The zero-order valence-electron chi connectivity index (χ0n) is 18.0. The van der Waals surface area contributed by atoms with Gasteiger partial charge in [0.25, 0.3) is 0 Å². The molecule has 2 atom stereocenters. The molecule has 1 fully saturated rings. The first-order chi connectivity index (χ1) is 12.5. The van der Waals surface area contributed by atoms with E-state index in [2.05, 4.69) is 32.8 Å². The summed E-state index contributed by atoms with van der Waals surface area (Å²) in [6.07, 6.45) is 4.09. The molecule has 0 saturated carbocycles. The van der Waals surface area contributed by atoms with Crippen LogP contribution in [0.3, 0.4) is 0 Å². The molecule has 1 aliphatic heterocycles. The normalized spacial score (nSPS) is 20.3. The maximum absolute atomic E-state index is 13.3. The number of nitrogens with zero attached hydrogens (tertiary/aromatic N) is 1. The lowest BCUT2D eigenvalue weighted by atomic mass is 10.1. The average molecular weight is 419 g/mol. The van der Waals surface area contributed by atoms with Crippen LogP contribution in [0, 0.1) is 11.8 Å². The van der Waals surface area contributed by atoms with E-state index < -0.39 is 7.29 Å². The first-order valence-electron chi connectivity index (χ1n) is 10.4. The van der Waals surface area contributed by atoms with Gasteiger partial charge in [-0.1, -0.05) is 41.5 Å². The van der Waals surface area contributed by atoms with Crippen LogP contribution in [0.1, 0.15) is 67.2 Å². The van der Waals surface area contributed by atoms with Crippen molar-refractivity contribution in [2.45, 2.75) is 77.7 Å². The molecule has 1 N–H and O–H groups in total. The van der Waals surface area contributed by atoms with E-state index in [-0.39, 0.29) is 17.1 Å². The molecule has 0 aromatic heterocycles. The van der Waals surface area contributed by atoms with Crippen molar-refractivity contribution < 1.29 is 14.2 Å². The van der Waals surface area contributed by atoms with Crippen molar-refractivity contribution in [2.24, 2.45) is 11.8 Å². The summed E-state index contributed by atoms with van der Waals surface area (Å²) in [7, 11) is -2.47. The van der Waals surface area contributed by atoms with Gasteiger partial charge in [-0.15, -0.1) is 11.8 Å². The van der Waals surface area contributed by atoms with Gasteiger partial charge in [0.15, 0.2) is 0 Å². The monoisotopic (exact) mass is 418 g/mol. The number of carbonyl (C=O) groups excluding carboxylic acids is 2. The van der Waals surface area contributed by atoms with Crippen LogP contribution in [-0.2, 0) is 14.2 Å². The highest BCUT2D eigenvalue weighted by atomic mass is 32.2. The fourth-order valence-corrected chi connectivity index (χ4v) is 6.90. The quantitative estimate of drug-likeness (QED) is 0.350. The molecular weight excluding hydrogens is 379 g/mol. The minimum atomic E-state index is -2.47. The second-order valence-corrected chi connectivity index (χ2v) is 13.5. The van der Waals surface area contributed by atoms with Gasteiger partial charge < -0.3 is 4.57 Å². The van der Waals surface area contributed by atoms with E-state index >= 15 is 0 Å². The van der Waals surface area contributed by atoms with Crippen molar-refractivity contribution in [1.29, 1.82) is 0 Å². The molecule has 1 heterocycles. The lowest BCUT2D eigenvalue weighted by Crippen LogP contribution is -2.33. The molecule has 0 aromatic carbocycles. The van der Waals surface area contributed by atoms with Crippen molar-refractivity contribution in [2.75, 3.05) is 25.4 Å². The van der Waals surface area contributed by atoms with Crippen LogP contribution in [-0.4, -0.2) is 52.6 Å². The third kappa shape index (κ3) is 9.15. The van der Waals surface area contributed by atoms with Crippen molar-refractivity contribution >= 4 is 30.9 Å². The number of amides is 2. The van der Waals surface area contributed by atoms with Crippen LogP contribution in [0.4, 0.5) is 0 Å². The molecule has 1 rings (SSSR count). The van der Waals surface area contributed by atoms with Gasteiger partial charge in [-0.25, -0.2) is 0 Å². The lowest BCUT2D eigenvalue weighted by molar-refractivity contribution is -0.138. The maximum Gasteiger partial charge on any atom is 0.242 e. The fourth-order valence-electron chi connectivity index (χ4n) is 3.10. The van der Waals surface area contributed by atoms with E-state index in [1.54, 1.807) is 11.8 Å². The first-order valence-corrected chi connectivity index (χ1v) is 13.4. The van der Waals surface area contributed by atoms with Gasteiger partial charge in [0.1, 0.15) is 7.29 Å². The highest BCUT2D eigenvalue weighted by Gasteiger charge is 2.39. The Bertz CT molecular complexity index is 537. The largest absolute Gasteiger partial charge is 0.307 e. The third-order valence-corrected chi connectivity index (χ3v) is 8.79. The number of nitrogens with one attached hydrogen (secondary N) is 1. The van der Waals surface area contributed by atoms with Crippen molar-refractivity contribution in [3.05, 3.63) is 0 Å². The molecular formula is C20H39N2O3PS. The molecule has 1 aliphatic rings. The van der Waals surface area contributed by atoms with Gasteiger partial charge in [0.2, 0.25) is 11.8 Å². The summed E-state index contributed by atoms with van der Waals surface area (Å²) >= 11 is 1.56. The van der Waals surface area contributed by atoms with Gasteiger partial charge in [0, 0.05) is 31.8 Å². The molecule has 0 bridgehead atoms. The van der Waals surface area contributed by atoms with Crippen LogP contribution >= 0.6 is 19.1 Å². The second-order valence-electron chi connectivity index (χ2n) is 8.72. The topological polar surface area (TPSA) is 66.5 Å². The highest BCUT2D eigenvalue weighted by Crippen LogP contribution is 2.43. The molecule has 0 spiro atoms. The summed E-state index contributed by atoms with van der Waals surface area (Å²) in [6, 6.07) is 0. The zero-order chi connectivity index (χ0) is 20.6. The molecule has 27 heavy (non-hydrogen) atoms. The molecule has 7 heteroatoms. The molecule has 2 amide bonds. The number of likely N-dealkylation sites (tertiary alicyclic amines) is 1. The average Bonchev–Trinajstić information content (AvgIpc) is 2.79. The minimum absolute atomic E-state index is 0.0662. The molecule has 2 unspecified atom stereocenters. The van der Waals surface area contributed by atoms with Crippen LogP contribution in [0.25, 0.3) is 0 Å². The Morgan fingerprint density at radius 2 is 1.70 bits per heavy atom. The Hall–Kier alpha value is -0.320. The molecule has 0 radical (unpaired) electrons. The summed E-state index contributed by atoms with van der Waals surface area (Å²) in [5.41, 5.74) is 0. The molecule has 158 valence electrons. The number of rotatable bonds is 13. The van der Waals surface area contributed by atoms with Crippen molar-refractivity contribution in [1.82, 2.24) is 9.99 Å². The Kier molecular flexibility index (Phi) is 10.6. The Labute approximate surface area is 170 Å².